The maximum Gasteiger partial charge on any atom is 0.306 e. The van der Waals surface area contributed by atoms with Crippen LogP contribution in [0.4, 0.5) is 5.69 Å². The normalized spacial score (nSPS) is 20.8. The Kier molecular flexibility index (Phi) is 5.24. The number of para-hydroxylation sites is 1. The van der Waals surface area contributed by atoms with Gasteiger partial charge in [-0.15, -0.1) is 0 Å². The zero-order chi connectivity index (χ0) is 21.4. The van der Waals surface area contributed by atoms with Crippen molar-refractivity contribution in [3.8, 4) is 0 Å². The number of carbonyl (C=O) groups excluding carboxylic acids is 1. The van der Waals surface area contributed by atoms with E-state index in [1.54, 1.807) is 0 Å². The Balaban J connectivity index is 1.25. The average molecular weight is 418 g/mol. The number of hydrogen-bond acceptors (Lipinski definition) is 4. The second kappa shape index (κ2) is 8.19. The van der Waals surface area contributed by atoms with Crippen molar-refractivity contribution in [2.24, 2.45) is 5.92 Å². The molecule has 0 spiro atoms. The Bertz CT molecular complexity index is 1070. The number of aliphatic carboxylic acids is 1. The standard InChI is InChI=1S/C25H26N2O4/c28-24-22(20-5-1-2-6-21(20)26-24)23-19-8-7-16(14-18(19)15-31-23)4-3-11-27-12-9-17(10-13-27)25(29)30/h1-2,5-8,14,17H,3-4,9-13,15H2,(H,26,28)(H,29,30). The van der Waals surface area contributed by atoms with Crippen LogP contribution in [-0.2, 0) is 27.4 Å². The second-order valence-electron chi connectivity index (χ2n) is 8.54. The van der Waals surface area contributed by atoms with E-state index in [0.717, 1.165) is 67.7 Å². The van der Waals surface area contributed by atoms with Gasteiger partial charge in [0.05, 0.1) is 11.5 Å². The molecule has 3 heterocycles. The number of benzene rings is 2. The second-order valence-corrected chi connectivity index (χ2v) is 8.54. The van der Waals surface area contributed by atoms with Gasteiger partial charge in [-0.1, -0.05) is 36.4 Å². The van der Waals surface area contributed by atoms with Gasteiger partial charge in [-0.25, -0.2) is 0 Å². The molecule has 2 aromatic carbocycles. The summed E-state index contributed by atoms with van der Waals surface area (Å²) in [6, 6.07) is 14.1. The van der Waals surface area contributed by atoms with Gasteiger partial charge in [-0.3, -0.25) is 9.59 Å². The van der Waals surface area contributed by atoms with Crippen LogP contribution >= 0.6 is 0 Å². The molecule has 1 fully saturated rings. The van der Waals surface area contributed by atoms with E-state index in [1.165, 1.54) is 5.56 Å². The van der Waals surface area contributed by atoms with Gasteiger partial charge in [-0.05, 0) is 56.9 Å². The van der Waals surface area contributed by atoms with E-state index in [4.69, 9.17) is 9.84 Å². The zero-order valence-electron chi connectivity index (χ0n) is 17.4. The molecule has 2 aromatic rings. The molecule has 0 saturated carbocycles. The van der Waals surface area contributed by atoms with E-state index in [9.17, 15) is 9.59 Å². The van der Waals surface area contributed by atoms with Crippen LogP contribution in [0, 0.1) is 5.92 Å². The van der Waals surface area contributed by atoms with E-state index in [-0.39, 0.29) is 11.8 Å². The summed E-state index contributed by atoms with van der Waals surface area (Å²) in [5.41, 5.74) is 5.74. The number of fused-ring (bicyclic) bond motifs is 2. The average Bonchev–Trinajstić information content (AvgIpc) is 3.33. The topological polar surface area (TPSA) is 78.9 Å². The fraction of sp³-hybridized carbons (Fsp3) is 0.360. The largest absolute Gasteiger partial charge is 0.487 e. The van der Waals surface area contributed by atoms with Crippen LogP contribution in [0.1, 0.15) is 41.5 Å². The highest BCUT2D eigenvalue weighted by atomic mass is 16.5. The molecule has 1 amide bonds. The number of amides is 1. The van der Waals surface area contributed by atoms with Crippen LogP contribution in [0.15, 0.2) is 42.5 Å². The van der Waals surface area contributed by atoms with Gasteiger partial charge in [0.25, 0.3) is 5.91 Å². The summed E-state index contributed by atoms with van der Waals surface area (Å²) in [5.74, 6) is -0.275. The fourth-order valence-corrected chi connectivity index (χ4v) is 4.83. The number of piperidine rings is 1. The first-order chi connectivity index (χ1) is 15.1. The molecular weight excluding hydrogens is 392 g/mol. The summed E-state index contributed by atoms with van der Waals surface area (Å²) in [5, 5.41) is 12.0. The van der Waals surface area contributed by atoms with Crippen molar-refractivity contribution in [1.82, 2.24) is 4.90 Å². The van der Waals surface area contributed by atoms with E-state index in [1.807, 2.05) is 24.3 Å². The van der Waals surface area contributed by atoms with Crippen LogP contribution in [0.2, 0.25) is 0 Å². The number of rotatable bonds is 5. The summed E-state index contributed by atoms with van der Waals surface area (Å²) in [4.78, 5) is 26.0. The van der Waals surface area contributed by atoms with Crippen molar-refractivity contribution >= 4 is 28.9 Å². The Morgan fingerprint density at radius 3 is 2.74 bits per heavy atom. The summed E-state index contributed by atoms with van der Waals surface area (Å²) < 4.78 is 5.98. The van der Waals surface area contributed by atoms with Crippen molar-refractivity contribution in [2.45, 2.75) is 32.3 Å². The number of carboxylic acid groups (broad SMARTS) is 1. The molecule has 160 valence electrons. The Morgan fingerprint density at radius 2 is 1.94 bits per heavy atom. The van der Waals surface area contributed by atoms with Crippen LogP contribution < -0.4 is 5.32 Å². The number of carboxylic acids is 1. The lowest BCUT2D eigenvalue weighted by atomic mass is 9.96. The van der Waals surface area contributed by atoms with Crippen molar-refractivity contribution in [2.75, 3.05) is 25.0 Å². The fourth-order valence-electron chi connectivity index (χ4n) is 4.83. The van der Waals surface area contributed by atoms with Gasteiger partial charge < -0.3 is 20.1 Å². The molecule has 31 heavy (non-hydrogen) atoms. The molecule has 6 heteroatoms. The van der Waals surface area contributed by atoms with Crippen LogP contribution in [0.25, 0.3) is 11.3 Å². The van der Waals surface area contributed by atoms with Gasteiger partial charge in [0.15, 0.2) is 0 Å². The third kappa shape index (κ3) is 3.83. The number of nitrogens with zero attached hydrogens (tertiary/aromatic N) is 1. The van der Waals surface area contributed by atoms with Crippen LogP contribution in [0.3, 0.4) is 0 Å². The predicted molar refractivity (Wildman–Crippen MR) is 118 cm³/mol. The maximum absolute atomic E-state index is 12.6. The molecule has 2 N–H and O–H groups in total. The SMILES string of the molecule is O=C1Nc2ccccc2C1=C1OCc2cc(CCCN3CCC(C(=O)O)CC3)ccc21. The lowest BCUT2D eigenvalue weighted by Crippen LogP contribution is -2.36. The van der Waals surface area contributed by atoms with Gasteiger partial charge in [0.1, 0.15) is 12.4 Å². The van der Waals surface area contributed by atoms with Gasteiger partial charge in [0, 0.05) is 22.4 Å². The Labute approximate surface area is 181 Å². The number of hydrogen-bond donors (Lipinski definition) is 2. The van der Waals surface area contributed by atoms with Gasteiger partial charge in [-0.2, -0.15) is 0 Å². The first-order valence-electron chi connectivity index (χ1n) is 11.0. The minimum absolute atomic E-state index is 0.111. The molecular formula is C25H26N2O4. The molecule has 6 nitrogen and oxygen atoms in total. The molecule has 0 radical (unpaired) electrons. The lowest BCUT2D eigenvalue weighted by Gasteiger charge is -2.29. The minimum Gasteiger partial charge on any atom is -0.487 e. The summed E-state index contributed by atoms with van der Waals surface area (Å²) in [6.07, 6.45) is 3.52. The number of likely N-dealkylation sites (tertiary alicyclic amines) is 1. The van der Waals surface area contributed by atoms with Crippen molar-refractivity contribution in [3.63, 3.8) is 0 Å². The molecule has 3 aliphatic rings. The van der Waals surface area contributed by atoms with Crippen molar-refractivity contribution in [3.05, 3.63) is 64.7 Å². The molecule has 0 aromatic heterocycles. The summed E-state index contributed by atoms with van der Waals surface area (Å²) >= 11 is 0. The smallest absolute Gasteiger partial charge is 0.306 e. The Hall–Kier alpha value is -3.12. The third-order valence-electron chi connectivity index (χ3n) is 6.56. The lowest BCUT2D eigenvalue weighted by molar-refractivity contribution is -0.143. The van der Waals surface area contributed by atoms with Crippen molar-refractivity contribution < 1.29 is 19.4 Å². The molecule has 0 aliphatic carbocycles. The summed E-state index contributed by atoms with van der Waals surface area (Å²) in [7, 11) is 0. The highest BCUT2D eigenvalue weighted by Crippen LogP contribution is 2.41. The zero-order valence-corrected chi connectivity index (χ0v) is 17.4. The number of carbonyl (C=O) groups is 2. The first kappa shape index (κ1) is 19.8. The van der Waals surface area contributed by atoms with Crippen LogP contribution in [0.5, 0.6) is 0 Å². The van der Waals surface area contributed by atoms with E-state index in [2.05, 4.69) is 28.4 Å². The maximum atomic E-state index is 12.6. The monoisotopic (exact) mass is 418 g/mol. The number of ether oxygens (including phenoxy) is 1. The first-order valence-corrected chi connectivity index (χ1v) is 11.0. The molecule has 3 aliphatic heterocycles. The quantitative estimate of drug-likeness (QED) is 0.723. The van der Waals surface area contributed by atoms with Crippen molar-refractivity contribution in [1.29, 1.82) is 0 Å². The highest BCUT2D eigenvalue weighted by Gasteiger charge is 2.32. The molecule has 0 bridgehead atoms. The van der Waals surface area contributed by atoms with Crippen LogP contribution in [-0.4, -0.2) is 41.5 Å². The Morgan fingerprint density at radius 1 is 1.13 bits per heavy atom. The molecule has 0 unspecified atom stereocenters. The van der Waals surface area contributed by atoms with Gasteiger partial charge in [0.2, 0.25) is 0 Å². The van der Waals surface area contributed by atoms with E-state index >= 15 is 0 Å². The summed E-state index contributed by atoms with van der Waals surface area (Å²) in [6.45, 7) is 3.22. The molecule has 1 saturated heterocycles. The highest BCUT2D eigenvalue weighted by molar-refractivity contribution is 6.36. The molecule has 0 atom stereocenters. The van der Waals surface area contributed by atoms with E-state index < -0.39 is 5.97 Å². The number of nitrogens with one attached hydrogen (secondary N) is 1. The number of anilines is 1. The van der Waals surface area contributed by atoms with E-state index in [0.29, 0.717) is 17.9 Å². The minimum atomic E-state index is -0.659. The molecule has 5 rings (SSSR count). The van der Waals surface area contributed by atoms with Gasteiger partial charge >= 0.3 is 5.97 Å². The number of aryl methyl sites for hydroxylation is 1. The predicted octanol–water partition coefficient (Wildman–Crippen LogP) is 3.77. The third-order valence-corrected chi connectivity index (χ3v) is 6.56.